The maximum atomic E-state index is 5.43. The Kier molecular flexibility index (Phi) is 4.51. The fraction of sp³-hybridized carbons (Fsp3) is 0.667. The Balaban J connectivity index is 1.88. The van der Waals surface area contributed by atoms with Gasteiger partial charge in [0, 0.05) is 18.1 Å². The van der Waals surface area contributed by atoms with Gasteiger partial charge in [0.15, 0.2) is 0 Å². The fourth-order valence-corrected chi connectivity index (χ4v) is 4.11. The average molecular weight is 288 g/mol. The topological polar surface area (TPSA) is 24.5 Å². The van der Waals surface area contributed by atoms with E-state index in [4.69, 9.17) is 4.74 Å². The summed E-state index contributed by atoms with van der Waals surface area (Å²) in [6, 6.07) is 8.35. The molecule has 2 aliphatic rings. The van der Waals surface area contributed by atoms with Crippen molar-refractivity contribution in [1.82, 2.24) is 10.2 Å². The number of ether oxygens (including phenoxy) is 1. The molecule has 0 spiro atoms. The Bertz CT molecular complexity index is 488. The summed E-state index contributed by atoms with van der Waals surface area (Å²) >= 11 is 0. The minimum atomic E-state index is 0.445. The lowest BCUT2D eigenvalue weighted by molar-refractivity contribution is 0.0881. The van der Waals surface area contributed by atoms with Crippen LogP contribution in [0, 0.1) is 0 Å². The molecule has 0 radical (unpaired) electrons. The highest BCUT2D eigenvalue weighted by molar-refractivity contribution is 5.43. The Labute approximate surface area is 128 Å². The number of hydrogen-bond acceptors (Lipinski definition) is 3. The molecule has 0 aromatic heterocycles. The molecule has 1 aromatic carbocycles. The molecule has 1 saturated heterocycles. The molecule has 3 nitrogen and oxygen atoms in total. The molecule has 1 fully saturated rings. The van der Waals surface area contributed by atoms with E-state index >= 15 is 0 Å². The number of nitrogens with zero attached hydrogens (tertiary/aromatic N) is 1. The molecule has 3 heteroatoms. The smallest absolute Gasteiger partial charge is 0.119 e. The summed E-state index contributed by atoms with van der Waals surface area (Å²) in [6.07, 6.45) is 5.24. The number of nitrogens with one attached hydrogen (secondary N) is 1. The monoisotopic (exact) mass is 288 g/mol. The van der Waals surface area contributed by atoms with Crippen LogP contribution in [0.15, 0.2) is 18.2 Å². The Morgan fingerprint density at radius 2 is 2.19 bits per heavy atom. The van der Waals surface area contributed by atoms with Gasteiger partial charge in [-0.15, -0.1) is 0 Å². The SMILES string of the molecule is CCNC1c2cc(OC)ccc2CC1N1CCCCC1C. The molecule has 1 heterocycles. The van der Waals surface area contributed by atoms with Crippen molar-refractivity contribution in [1.29, 1.82) is 0 Å². The van der Waals surface area contributed by atoms with Gasteiger partial charge in [-0.25, -0.2) is 0 Å². The first kappa shape index (κ1) is 14.9. The second-order valence-electron chi connectivity index (χ2n) is 6.45. The number of piperidine rings is 1. The lowest BCUT2D eigenvalue weighted by Crippen LogP contribution is -2.49. The molecule has 1 aliphatic heterocycles. The summed E-state index contributed by atoms with van der Waals surface area (Å²) in [4.78, 5) is 2.74. The molecule has 1 aromatic rings. The van der Waals surface area contributed by atoms with Crippen LogP contribution < -0.4 is 10.1 Å². The maximum Gasteiger partial charge on any atom is 0.119 e. The number of hydrogen-bond donors (Lipinski definition) is 1. The van der Waals surface area contributed by atoms with E-state index in [-0.39, 0.29) is 0 Å². The molecular weight excluding hydrogens is 260 g/mol. The largest absolute Gasteiger partial charge is 0.497 e. The van der Waals surface area contributed by atoms with Gasteiger partial charge in [-0.1, -0.05) is 19.4 Å². The standard InChI is InChI=1S/C18H28N2O/c1-4-19-18-16-12-15(21-3)9-8-14(16)11-17(18)20-10-6-5-7-13(20)2/h8-9,12-13,17-19H,4-7,10-11H2,1-3H3. The first-order chi connectivity index (χ1) is 10.2. The van der Waals surface area contributed by atoms with E-state index in [2.05, 4.69) is 42.3 Å². The Hall–Kier alpha value is -1.06. The first-order valence-electron chi connectivity index (χ1n) is 8.40. The highest BCUT2D eigenvalue weighted by Crippen LogP contribution is 2.38. The van der Waals surface area contributed by atoms with Gasteiger partial charge in [0.05, 0.1) is 7.11 Å². The number of rotatable bonds is 4. The quantitative estimate of drug-likeness (QED) is 0.921. The summed E-state index contributed by atoms with van der Waals surface area (Å²) < 4.78 is 5.43. The highest BCUT2D eigenvalue weighted by Gasteiger charge is 2.38. The molecule has 0 amide bonds. The number of benzene rings is 1. The summed E-state index contributed by atoms with van der Waals surface area (Å²) in [5.41, 5.74) is 2.93. The van der Waals surface area contributed by atoms with Crippen LogP contribution in [-0.2, 0) is 6.42 Å². The number of methoxy groups -OCH3 is 1. The van der Waals surface area contributed by atoms with Gasteiger partial charge >= 0.3 is 0 Å². The maximum absolute atomic E-state index is 5.43. The molecule has 0 saturated carbocycles. The average Bonchev–Trinajstić information content (AvgIpc) is 2.86. The molecule has 3 unspecified atom stereocenters. The van der Waals surface area contributed by atoms with Gasteiger partial charge in [-0.3, -0.25) is 4.90 Å². The van der Waals surface area contributed by atoms with Crippen molar-refractivity contribution < 1.29 is 4.74 Å². The van der Waals surface area contributed by atoms with Crippen molar-refractivity contribution in [3.63, 3.8) is 0 Å². The van der Waals surface area contributed by atoms with E-state index in [0.29, 0.717) is 18.1 Å². The second kappa shape index (κ2) is 6.37. The number of likely N-dealkylation sites (N-methyl/N-ethyl adjacent to an activating group) is 1. The molecule has 0 bridgehead atoms. The zero-order chi connectivity index (χ0) is 14.8. The van der Waals surface area contributed by atoms with E-state index < -0.39 is 0 Å². The van der Waals surface area contributed by atoms with Gasteiger partial charge in [-0.05, 0) is 62.5 Å². The predicted molar refractivity (Wildman–Crippen MR) is 86.9 cm³/mol. The zero-order valence-electron chi connectivity index (χ0n) is 13.6. The van der Waals surface area contributed by atoms with Crippen LogP contribution in [0.3, 0.4) is 0 Å². The highest BCUT2D eigenvalue weighted by atomic mass is 16.5. The van der Waals surface area contributed by atoms with Crippen LogP contribution in [0.1, 0.15) is 50.3 Å². The normalized spacial score (nSPS) is 29.4. The van der Waals surface area contributed by atoms with Crippen molar-refractivity contribution in [2.45, 2.75) is 57.7 Å². The molecular formula is C18H28N2O. The summed E-state index contributed by atoms with van der Waals surface area (Å²) in [6.45, 7) is 6.86. The first-order valence-corrected chi connectivity index (χ1v) is 8.40. The molecule has 3 rings (SSSR count). The summed E-state index contributed by atoms with van der Waals surface area (Å²) in [5.74, 6) is 0.976. The van der Waals surface area contributed by atoms with E-state index in [0.717, 1.165) is 12.3 Å². The van der Waals surface area contributed by atoms with Crippen LogP contribution in [0.2, 0.25) is 0 Å². The van der Waals surface area contributed by atoms with Crippen molar-refractivity contribution in [2.75, 3.05) is 20.2 Å². The molecule has 21 heavy (non-hydrogen) atoms. The van der Waals surface area contributed by atoms with Gasteiger partial charge < -0.3 is 10.1 Å². The minimum Gasteiger partial charge on any atom is -0.497 e. The third-order valence-corrected chi connectivity index (χ3v) is 5.21. The summed E-state index contributed by atoms with van der Waals surface area (Å²) in [7, 11) is 1.75. The van der Waals surface area contributed by atoms with E-state index in [9.17, 15) is 0 Å². The Morgan fingerprint density at radius 1 is 1.33 bits per heavy atom. The van der Waals surface area contributed by atoms with Crippen LogP contribution >= 0.6 is 0 Å². The van der Waals surface area contributed by atoms with E-state index in [1.54, 1.807) is 7.11 Å². The number of fused-ring (bicyclic) bond motifs is 1. The van der Waals surface area contributed by atoms with Crippen molar-refractivity contribution >= 4 is 0 Å². The van der Waals surface area contributed by atoms with Crippen LogP contribution in [0.25, 0.3) is 0 Å². The molecule has 1 N–H and O–H groups in total. The van der Waals surface area contributed by atoms with Gasteiger partial charge in [0.2, 0.25) is 0 Å². The Morgan fingerprint density at radius 3 is 2.90 bits per heavy atom. The fourth-order valence-electron chi connectivity index (χ4n) is 4.11. The molecule has 3 atom stereocenters. The van der Waals surface area contributed by atoms with Crippen LogP contribution in [0.5, 0.6) is 5.75 Å². The van der Waals surface area contributed by atoms with E-state index in [1.165, 1.54) is 43.4 Å². The third-order valence-electron chi connectivity index (χ3n) is 5.21. The second-order valence-corrected chi connectivity index (χ2v) is 6.45. The number of likely N-dealkylation sites (tertiary alicyclic amines) is 1. The minimum absolute atomic E-state index is 0.445. The van der Waals surface area contributed by atoms with Crippen molar-refractivity contribution in [3.8, 4) is 5.75 Å². The van der Waals surface area contributed by atoms with Crippen molar-refractivity contribution in [3.05, 3.63) is 29.3 Å². The van der Waals surface area contributed by atoms with Gasteiger partial charge in [0.25, 0.3) is 0 Å². The third kappa shape index (κ3) is 2.82. The van der Waals surface area contributed by atoms with Crippen molar-refractivity contribution in [2.24, 2.45) is 0 Å². The van der Waals surface area contributed by atoms with Crippen LogP contribution in [0.4, 0.5) is 0 Å². The zero-order valence-corrected chi connectivity index (χ0v) is 13.6. The van der Waals surface area contributed by atoms with Gasteiger partial charge in [-0.2, -0.15) is 0 Å². The lowest BCUT2D eigenvalue weighted by atomic mass is 9.98. The molecule has 1 aliphatic carbocycles. The summed E-state index contributed by atoms with van der Waals surface area (Å²) in [5, 5.41) is 3.72. The predicted octanol–water partition coefficient (Wildman–Crippen LogP) is 3.14. The lowest BCUT2D eigenvalue weighted by Gasteiger charge is -2.41. The van der Waals surface area contributed by atoms with E-state index in [1.807, 2.05) is 0 Å². The molecule has 116 valence electrons. The van der Waals surface area contributed by atoms with Gasteiger partial charge in [0.1, 0.15) is 5.75 Å². The van der Waals surface area contributed by atoms with Crippen LogP contribution in [-0.4, -0.2) is 37.2 Å².